The monoisotopic (exact) mass is 325 g/mol. The minimum Gasteiger partial charge on any atom is -0.310 e. The summed E-state index contributed by atoms with van der Waals surface area (Å²) in [5.41, 5.74) is 2.39. The van der Waals surface area contributed by atoms with Crippen LogP contribution in [0.3, 0.4) is 0 Å². The SMILES string of the molecule is CNC(/C1=C/CCCCCC1)c1cc(F)ccc1Br. The van der Waals surface area contributed by atoms with E-state index in [4.69, 9.17) is 0 Å². The molecule has 104 valence electrons. The Bertz CT molecular complexity index is 456. The zero-order valence-corrected chi connectivity index (χ0v) is 13.0. The summed E-state index contributed by atoms with van der Waals surface area (Å²) in [6.07, 6.45) is 9.73. The summed E-state index contributed by atoms with van der Waals surface area (Å²) in [4.78, 5) is 0. The molecule has 0 saturated heterocycles. The Morgan fingerprint density at radius 2 is 2.00 bits per heavy atom. The van der Waals surface area contributed by atoms with E-state index in [2.05, 4.69) is 27.3 Å². The first-order valence-corrected chi connectivity index (χ1v) is 7.83. The fraction of sp³-hybridized carbons (Fsp3) is 0.500. The number of hydrogen-bond acceptors (Lipinski definition) is 1. The Morgan fingerprint density at radius 3 is 2.79 bits per heavy atom. The van der Waals surface area contributed by atoms with E-state index >= 15 is 0 Å². The van der Waals surface area contributed by atoms with Crippen LogP contribution in [0.2, 0.25) is 0 Å². The molecule has 0 bridgehead atoms. The molecule has 19 heavy (non-hydrogen) atoms. The Balaban J connectivity index is 2.29. The predicted molar refractivity (Wildman–Crippen MR) is 81.7 cm³/mol. The predicted octanol–water partition coefficient (Wildman–Crippen LogP) is 5.13. The van der Waals surface area contributed by atoms with E-state index in [9.17, 15) is 4.39 Å². The molecule has 0 amide bonds. The lowest BCUT2D eigenvalue weighted by Crippen LogP contribution is -2.20. The van der Waals surface area contributed by atoms with Gasteiger partial charge in [-0.25, -0.2) is 4.39 Å². The molecule has 1 aromatic rings. The molecular formula is C16H21BrFN. The largest absolute Gasteiger partial charge is 0.310 e. The zero-order chi connectivity index (χ0) is 13.7. The minimum atomic E-state index is -0.176. The number of hydrogen-bond donors (Lipinski definition) is 1. The van der Waals surface area contributed by atoms with Gasteiger partial charge in [0.2, 0.25) is 0 Å². The van der Waals surface area contributed by atoms with Crippen molar-refractivity contribution in [2.24, 2.45) is 0 Å². The van der Waals surface area contributed by atoms with Gasteiger partial charge in [0.25, 0.3) is 0 Å². The molecule has 1 aliphatic carbocycles. The highest BCUT2D eigenvalue weighted by Gasteiger charge is 2.18. The van der Waals surface area contributed by atoms with Gasteiger partial charge in [0.1, 0.15) is 5.82 Å². The second kappa shape index (κ2) is 7.20. The molecule has 3 heteroatoms. The smallest absolute Gasteiger partial charge is 0.123 e. The van der Waals surface area contributed by atoms with Crippen molar-refractivity contribution in [1.82, 2.24) is 5.32 Å². The molecule has 2 rings (SSSR count). The number of halogens is 2. The molecule has 1 atom stereocenters. The van der Waals surface area contributed by atoms with Crippen molar-refractivity contribution >= 4 is 15.9 Å². The standard InChI is InChI=1S/C16H21BrFN/c1-19-16(12-7-5-3-2-4-6-8-12)14-11-13(18)9-10-15(14)17/h7,9-11,16,19H,2-6,8H2,1H3/b12-7+. The zero-order valence-electron chi connectivity index (χ0n) is 11.4. The highest BCUT2D eigenvalue weighted by Crippen LogP contribution is 2.33. The molecule has 0 radical (unpaired) electrons. The van der Waals surface area contributed by atoms with Crippen LogP contribution in [0.25, 0.3) is 0 Å². The molecular weight excluding hydrogens is 305 g/mol. The van der Waals surface area contributed by atoms with Gasteiger partial charge in [-0.05, 0) is 56.5 Å². The van der Waals surface area contributed by atoms with Gasteiger partial charge in [0, 0.05) is 4.47 Å². The van der Waals surface area contributed by atoms with Crippen molar-refractivity contribution in [3.05, 3.63) is 45.7 Å². The van der Waals surface area contributed by atoms with Crippen LogP contribution in [-0.4, -0.2) is 7.05 Å². The van der Waals surface area contributed by atoms with Gasteiger partial charge < -0.3 is 5.32 Å². The maximum absolute atomic E-state index is 13.5. The summed E-state index contributed by atoms with van der Waals surface area (Å²) in [5, 5.41) is 3.34. The van der Waals surface area contributed by atoms with Gasteiger partial charge in [0.15, 0.2) is 0 Å². The lowest BCUT2D eigenvalue weighted by Gasteiger charge is -2.23. The summed E-state index contributed by atoms with van der Waals surface area (Å²) in [7, 11) is 1.95. The topological polar surface area (TPSA) is 12.0 Å². The number of benzene rings is 1. The van der Waals surface area contributed by atoms with E-state index in [0.29, 0.717) is 0 Å². The molecule has 0 aromatic heterocycles. The molecule has 0 fully saturated rings. The number of likely N-dealkylation sites (N-methyl/N-ethyl adjacent to an activating group) is 1. The first kappa shape index (κ1) is 14.7. The average molecular weight is 326 g/mol. The highest BCUT2D eigenvalue weighted by molar-refractivity contribution is 9.10. The van der Waals surface area contributed by atoms with Gasteiger partial charge >= 0.3 is 0 Å². The summed E-state index contributed by atoms with van der Waals surface area (Å²) < 4.78 is 14.5. The van der Waals surface area contributed by atoms with Gasteiger partial charge in [-0.3, -0.25) is 0 Å². The third-order valence-corrected chi connectivity index (χ3v) is 4.48. The summed E-state index contributed by atoms with van der Waals surface area (Å²) >= 11 is 3.54. The van der Waals surface area contributed by atoms with E-state index in [1.165, 1.54) is 37.3 Å². The maximum atomic E-state index is 13.5. The Hall–Kier alpha value is -0.670. The lowest BCUT2D eigenvalue weighted by molar-refractivity contribution is 0.567. The third kappa shape index (κ3) is 3.90. The Labute approximate surface area is 123 Å². The van der Waals surface area contributed by atoms with Gasteiger partial charge in [0.05, 0.1) is 6.04 Å². The molecule has 1 unspecified atom stereocenters. The van der Waals surface area contributed by atoms with Crippen LogP contribution in [-0.2, 0) is 0 Å². The van der Waals surface area contributed by atoms with Crippen molar-refractivity contribution in [3.8, 4) is 0 Å². The van der Waals surface area contributed by atoms with E-state index in [-0.39, 0.29) is 11.9 Å². The first-order valence-electron chi connectivity index (χ1n) is 7.03. The van der Waals surface area contributed by atoms with E-state index in [0.717, 1.165) is 22.9 Å². The summed E-state index contributed by atoms with van der Waals surface area (Å²) in [6.45, 7) is 0. The van der Waals surface area contributed by atoms with Gasteiger partial charge in [-0.1, -0.05) is 40.4 Å². The Morgan fingerprint density at radius 1 is 1.21 bits per heavy atom. The molecule has 0 spiro atoms. The first-order chi connectivity index (χ1) is 9.22. The van der Waals surface area contributed by atoms with Crippen molar-refractivity contribution in [2.45, 2.75) is 44.6 Å². The number of rotatable bonds is 3. The molecule has 1 aliphatic rings. The second-order valence-corrected chi connectivity index (χ2v) is 5.97. The fourth-order valence-electron chi connectivity index (χ4n) is 2.76. The number of allylic oxidation sites excluding steroid dienone is 1. The second-order valence-electron chi connectivity index (χ2n) is 5.12. The van der Waals surface area contributed by atoms with Crippen molar-refractivity contribution in [2.75, 3.05) is 7.05 Å². The summed E-state index contributed by atoms with van der Waals surface area (Å²) in [5.74, 6) is -0.176. The quantitative estimate of drug-likeness (QED) is 0.759. The van der Waals surface area contributed by atoms with Crippen molar-refractivity contribution in [3.63, 3.8) is 0 Å². The maximum Gasteiger partial charge on any atom is 0.123 e. The molecule has 0 aliphatic heterocycles. The lowest BCUT2D eigenvalue weighted by atomic mass is 9.91. The van der Waals surface area contributed by atoms with Crippen molar-refractivity contribution in [1.29, 1.82) is 0 Å². The molecule has 1 aromatic carbocycles. The third-order valence-electron chi connectivity index (χ3n) is 3.75. The van der Waals surface area contributed by atoms with Crippen molar-refractivity contribution < 1.29 is 4.39 Å². The van der Waals surface area contributed by atoms with Crippen LogP contribution in [0.15, 0.2) is 34.3 Å². The molecule has 0 heterocycles. The fourth-order valence-corrected chi connectivity index (χ4v) is 3.23. The average Bonchev–Trinajstić information content (AvgIpc) is 2.36. The normalized spacial score (nSPS) is 21.1. The van der Waals surface area contributed by atoms with Crippen LogP contribution in [0.5, 0.6) is 0 Å². The summed E-state index contributed by atoms with van der Waals surface area (Å²) in [6, 6.07) is 5.03. The molecule has 0 saturated carbocycles. The molecule has 1 nitrogen and oxygen atoms in total. The minimum absolute atomic E-state index is 0.114. The van der Waals surface area contributed by atoms with Crippen LogP contribution < -0.4 is 5.32 Å². The molecule has 1 N–H and O–H groups in total. The van der Waals surface area contributed by atoms with E-state index in [1.54, 1.807) is 12.1 Å². The van der Waals surface area contributed by atoms with E-state index < -0.39 is 0 Å². The van der Waals surface area contributed by atoms with Crippen LogP contribution in [0.4, 0.5) is 4.39 Å². The van der Waals surface area contributed by atoms with Gasteiger partial charge in [-0.15, -0.1) is 0 Å². The highest BCUT2D eigenvalue weighted by atomic mass is 79.9. The Kier molecular flexibility index (Phi) is 5.59. The van der Waals surface area contributed by atoms with Crippen LogP contribution >= 0.6 is 15.9 Å². The number of nitrogens with one attached hydrogen (secondary N) is 1. The van der Waals surface area contributed by atoms with Gasteiger partial charge in [-0.2, -0.15) is 0 Å². The van der Waals surface area contributed by atoms with Crippen LogP contribution in [0, 0.1) is 5.82 Å². The van der Waals surface area contributed by atoms with E-state index in [1.807, 2.05) is 7.05 Å². The van der Waals surface area contributed by atoms with Crippen LogP contribution in [0.1, 0.15) is 50.1 Å².